The first-order valence-electron chi connectivity index (χ1n) is 33.6. The van der Waals surface area contributed by atoms with Crippen molar-refractivity contribution in [2.45, 2.75) is 386 Å². The van der Waals surface area contributed by atoms with Gasteiger partial charge in [0.1, 0.15) is 0 Å². The third kappa shape index (κ3) is 59.6. The maximum Gasteiger partial charge on any atom is 0.305 e. The topological polar surface area (TPSA) is 95.9 Å². The Labute approximate surface area is 462 Å². The minimum atomic E-state index is -0.665. The van der Waals surface area contributed by atoms with Crippen molar-refractivity contribution in [3.8, 4) is 0 Å². The molecule has 0 saturated heterocycles. The van der Waals surface area contributed by atoms with Crippen molar-refractivity contribution in [1.29, 1.82) is 0 Å². The molecule has 0 saturated carbocycles. The highest BCUT2D eigenvalue weighted by molar-refractivity contribution is 5.76. The molecular formula is C68H131NO5. The Morgan fingerprint density at radius 2 is 0.635 bits per heavy atom. The highest BCUT2D eigenvalue weighted by Crippen LogP contribution is 2.18. The maximum absolute atomic E-state index is 12.5. The van der Waals surface area contributed by atoms with Crippen LogP contribution in [0.25, 0.3) is 0 Å². The van der Waals surface area contributed by atoms with Gasteiger partial charge >= 0.3 is 5.97 Å². The summed E-state index contributed by atoms with van der Waals surface area (Å²) in [4.78, 5) is 24.6. The first kappa shape index (κ1) is 72.3. The average molecular weight is 1040 g/mol. The van der Waals surface area contributed by atoms with Gasteiger partial charge in [-0.25, -0.2) is 0 Å². The van der Waals surface area contributed by atoms with Crippen molar-refractivity contribution >= 4 is 11.9 Å². The molecule has 2 atom stereocenters. The molecule has 0 radical (unpaired) electrons. The van der Waals surface area contributed by atoms with Crippen LogP contribution in [0.5, 0.6) is 0 Å². The molecule has 0 spiro atoms. The normalized spacial score (nSPS) is 12.6. The zero-order valence-corrected chi connectivity index (χ0v) is 50.1. The summed E-state index contributed by atoms with van der Waals surface area (Å²) in [5, 5.41) is 23.3. The van der Waals surface area contributed by atoms with Crippen molar-refractivity contribution in [3.05, 3.63) is 24.3 Å². The van der Waals surface area contributed by atoms with Gasteiger partial charge in [0.2, 0.25) is 5.91 Å². The van der Waals surface area contributed by atoms with Crippen molar-refractivity contribution in [2.75, 3.05) is 13.2 Å². The summed E-state index contributed by atoms with van der Waals surface area (Å²) in [6.45, 7) is 4.97. The summed E-state index contributed by atoms with van der Waals surface area (Å²) < 4.78 is 5.48. The van der Waals surface area contributed by atoms with Crippen molar-refractivity contribution < 1.29 is 24.5 Å². The smallest absolute Gasteiger partial charge is 0.305 e. The van der Waals surface area contributed by atoms with E-state index in [1.807, 2.05) is 0 Å². The minimum Gasteiger partial charge on any atom is -0.466 e. The van der Waals surface area contributed by atoms with Crippen LogP contribution >= 0.6 is 0 Å². The molecule has 0 aliphatic carbocycles. The molecule has 6 heteroatoms. The van der Waals surface area contributed by atoms with E-state index in [-0.39, 0.29) is 18.5 Å². The average Bonchev–Trinajstić information content (AvgIpc) is 3.40. The van der Waals surface area contributed by atoms with E-state index in [0.29, 0.717) is 25.9 Å². The van der Waals surface area contributed by atoms with Crippen LogP contribution in [0.4, 0.5) is 0 Å². The van der Waals surface area contributed by atoms with Gasteiger partial charge in [-0.15, -0.1) is 0 Å². The molecule has 0 fully saturated rings. The number of esters is 1. The number of carbonyl (C=O) groups is 2. The Hall–Kier alpha value is -1.66. The van der Waals surface area contributed by atoms with Crippen LogP contribution in [0.15, 0.2) is 24.3 Å². The van der Waals surface area contributed by atoms with E-state index in [4.69, 9.17) is 4.74 Å². The number of ether oxygens (including phenoxy) is 1. The van der Waals surface area contributed by atoms with E-state index in [9.17, 15) is 19.8 Å². The summed E-state index contributed by atoms with van der Waals surface area (Å²) in [6.07, 6.45) is 79.2. The van der Waals surface area contributed by atoms with Crippen molar-refractivity contribution in [1.82, 2.24) is 5.32 Å². The molecule has 0 aromatic rings. The SMILES string of the molecule is CCCCCCC/C=C\CCCCCCCC(=O)OCCCCCCCCCCCCCC/C=C\CCCCCCCCCCCCCC(=O)NC(CO)C(O)CCCCCCCCCCCCCCCCCC. The summed E-state index contributed by atoms with van der Waals surface area (Å²) in [7, 11) is 0. The lowest BCUT2D eigenvalue weighted by Gasteiger charge is -2.22. The Balaban J connectivity index is 3.38. The van der Waals surface area contributed by atoms with Gasteiger partial charge in [-0.1, -0.05) is 308 Å². The van der Waals surface area contributed by atoms with Gasteiger partial charge in [0.05, 0.1) is 25.4 Å². The molecule has 0 heterocycles. The van der Waals surface area contributed by atoms with Crippen LogP contribution in [-0.2, 0) is 14.3 Å². The first-order chi connectivity index (χ1) is 36.5. The third-order valence-electron chi connectivity index (χ3n) is 15.7. The summed E-state index contributed by atoms with van der Waals surface area (Å²) in [6, 6.07) is -0.542. The molecular weight excluding hydrogens is 911 g/mol. The largest absolute Gasteiger partial charge is 0.466 e. The van der Waals surface area contributed by atoms with Crippen LogP contribution < -0.4 is 5.32 Å². The molecule has 0 rings (SSSR count). The van der Waals surface area contributed by atoms with E-state index in [0.717, 1.165) is 44.9 Å². The molecule has 0 aliphatic heterocycles. The molecule has 1 amide bonds. The fourth-order valence-corrected chi connectivity index (χ4v) is 10.6. The predicted molar refractivity (Wildman–Crippen MR) is 324 cm³/mol. The monoisotopic (exact) mass is 1040 g/mol. The number of rotatable bonds is 63. The molecule has 2 unspecified atom stereocenters. The number of unbranched alkanes of at least 4 members (excludes halogenated alkanes) is 48. The van der Waals surface area contributed by atoms with E-state index in [1.165, 1.54) is 295 Å². The predicted octanol–water partition coefficient (Wildman–Crippen LogP) is 21.4. The van der Waals surface area contributed by atoms with Gasteiger partial charge < -0.3 is 20.3 Å². The van der Waals surface area contributed by atoms with Gasteiger partial charge in [0.25, 0.3) is 0 Å². The second kappa shape index (κ2) is 63.9. The van der Waals surface area contributed by atoms with Crippen molar-refractivity contribution in [2.24, 2.45) is 0 Å². The van der Waals surface area contributed by atoms with Crippen molar-refractivity contribution in [3.63, 3.8) is 0 Å². The van der Waals surface area contributed by atoms with Gasteiger partial charge in [-0.05, 0) is 77.0 Å². The van der Waals surface area contributed by atoms with Gasteiger partial charge in [-0.3, -0.25) is 9.59 Å². The standard InChI is InChI=1S/C68H131NO5/c1-3-5-7-9-11-13-15-17-19-33-36-40-44-48-52-56-60-66(71)65(64-70)69-67(72)61-57-53-49-45-41-37-34-31-29-27-25-23-21-20-22-24-26-28-30-32-35-39-43-47-51-55-59-63-74-68(73)62-58-54-50-46-42-38-18-16-14-12-10-8-6-4-2/h16,18,20-21,65-66,70-71H,3-15,17,19,22-64H2,1-2H3,(H,69,72)/b18-16-,21-20-. The number of hydrogen-bond donors (Lipinski definition) is 3. The van der Waals surface area contributed by atoms with Crippen LogP contribution in [0.2, 0.25) is 0 Å². The van der Waals surface area contributed by atoms with Gasteiger partial charge in [0.15, 0.2) is 0 Å². The van der Waals surface area contributed by atoms with Crippen LogP contribution in [0.3, 0.4) is 0 Å². The molecule has 6 nitrogen and oxygen atoms in total. The van der Waals surface area contributed by atoms with E-state index < -0.39 is 12.1 Å². The minimum absolute atomic E-state index is 0.00707. The second-order valence-corrected chi connectivity index (χ2v) is 23.1. The summed E-state index contributed by atoms with van der Waals surface area (Å²) in [5.74, 6) is -0.0260. The molecule has 0 aromatic heterocycles. The Morgan fingerprint density at radius 3 is 0.959 bits per heavy atom. The Bertz CT molecular complexity index is 1150. The van der Waals surface area contributed by atoms with Crippen LogP contribution in [0, 0.1) is 0 Å². The number of aliphatic hydroxyl groups is 2. The summed E-state index contributed by atoms with van der Waals surface area (Å²) in [5.41, 5.74) is 0. The quantitative estimate of drug-likeness (QED) is 0.0320. The number of amides is 1. The second-order valence-electron chi connectivity index (χ2n) is 23.1. The Kier molecular flexibility index (Phi) is 62.4. The molecule has 438 valence electrons. The molecule has 0 aliphatic rings. The zero-order chi connectivity index (χ0) is 53.6. The van der Waals surface area contributed by atoms with Gasteiger partial charge in [0, 0.05) is 12.8 Å². The molecule has 3 N–H and O–H groups in total. The van der Waals surface area contributed by atoms with Gasteiger partial charge in [-0.2, -0.15) is 0 Å². The number of carbonyl (C=O) groups excluding carboxylic acids is 2. The van der Waals surface area contributed by atoms with E-state index >= 15 is 0 Å². The lowest BCUT2D eigenvalue weighted by atomic mass is 10.0. The molecule has 0 bridgehead atoms. The number of nitrogens with one attached hydrogen (secondary N) is 1. The number of allylic oxidation sites excluding steroid dienone is 4. The highest BCUT2D eigenvalue weighted by atomic mass is 16.5. The molecule has 74 heavy (non-hydrogen) atoms. The Morgan fingerprint density at radius 1 is 0.365 bits per heavy atom. The van der Waals surface area contributed by atoms with Crippen LogP contribution in [0.1, 0.15) is 373 Å². The molecule has 0 aromatic carbocycles. The fourth-order valence-electron chi connectivity index (χ4n) is 10.6. The van der Waals surface area contributed by atoms with Crippen LogP contribution in [-0.4, -0.2) is 47.4 Å². The summed E-state index contributed by atoms with van der Waals surface area (Å²) >= 11 is 0. The third-order valence-corrected chi connectivity index (χ3v) is 15.7. The fraction of sp³-hybridized carbons (Fsp3) is 0.912. The number of aliphatic hydroxyl groups excluding tert-OH is 2. The number of hydrogen-bond acceptors (Lipinski definition) is 5. The van der Waals surface area contributed by atoms with E-state index in [2.05, 4.69) is 43.5 Å². The lowest BCUT2D eigenvalue weighted by Crippen LogP contribution is -2.45. The highest BCUT2D eigenvalue weighted by Gasteiger charge is 2.20. The lowest BCUT2D eigenvalue weighted by molar-refractivity contribution is -0.143. The maximum atomic E-state index is 12.5. The van der Waals surface area contributed by atoms with E-state index in [1.54, 1.807) is 0 Å². The first-order valence-corrected chi connectivity index (χ1v) is 33.6. The zero-order valence-electron chi connectivity index (χ0n) is 50.1.